The fourth-order valence-corrected chi connectivity index (χ4v) is 2.63. The van der Waals surface area contributed by atoms with Crippen LogP contribution in [0, 0.1) is 5.92 Å². The molecule has 0 saturated carbocycles. The Morgan fingerprint density at radius 2 is 2.05 bits per heavy atom. The average Bonchev–Trinajstić information content (AvgIpc) is 2.44. The van der Waals surface area contributed by atoms with Crippen LogP contribution in [-0.4, -0.2) is 18.0 Å². The van der Waals surface area contributed by atoms with Crippen LogP contribution < -0.4 is 10.6 Å². The van der Waals surface area contributed by atoms with Crippen LogP contribution in [0.3, 0.4) is 0 Å². The van der Waals surface area contributed by atoms with Gasteiger partial charge in [0.2, 0.25) is 5.91 Å². The molecular weight excluding hydrogens is 248 g/mol. The van der Waals surface area contributed by atoms with E-state index in [4.69, 9.17) is 0 Å². The van der Waals surface area contributed by atoms with E-state index in [-0.39, 0.29) is 18.0 Å². The van der Waals surface area contributed by atoms with Crippen LogP contribution in [0.15, 0.2) is 24.3 Å². The van der Waals surface area contributed by atoms with Crippen molar-refractivity contribution >= 4 is 11.6 Å². The third-order valence-electron chi connectivity index (χ3n) is 3.93. The van der Waals surface area contributed by atoms with E-state index in [9.17, 15) is 4.79 Å². The van der Waals surface area contributed by atoms with Crippen molar-refractivity contribution in [2.45, 2.75) is 58.5 Å². The highest BCUT2D eigenvalue weighted by Gasteiger charge is 2.24. The molecule has 3 heteroatoms. The first-order chi connectivity index (χ1) is 9.56. The normalized spacial score (nSPS) is 19.1. The Bertz CT molecular complexity index is 456. The highest BCUT2D eigenvalue weighted by molar-refractivity contribution is 5.85. The standard InChI is InChI=1S/C17H26N2O/c1-12(2)8-9-13(3)18-17(20)16-11-10-14-6-4-5-7-15(14)19-16/h4-7,12-13,16,19H,8-11H2,1-3H3,(H,18,20). The van der Waals surface area contributed by atoms with Crippen LogP contribution in [0.2, 0.25) is 0 Å². The Labute approximate surface area is 122 Å². The molecule has 0 saturated heterocycles. The molecule has 0 aliphatic carbocycles. The molecule has 1 heterocycles. The zero-order valence-corrected chi connectivity index (χ0v) is 12.8. The molecule has 1 amide bonds. The SMILES string of the molecule is CC(C)CCC(C)NC(=O)C1CCc2ccccc2N1. The third-order valence-corrected chi connectivity index (χ3v) is 3.93. The third kappa shape index (κ3) is 3.99. The molecule has 0 bridgehead atoms. The number of nitrogens with one attached hydrogen (secondary N) is 2. The number of aryl methyl sites for hydroxylation is 1. The number of benzene rings is 1. The molecule has 1 aliphatic heterocycles. The Morgan fingerprint density at radius 1 is 1.30 bits per heavy atom. The number of amides is 1. The van der Waals surface area contributed by atoms with Crippen molar-refractivity contribution < 1.29 is 4.79 Å². The first-order valence-corrected chi connectivity index (χ1v) is 7.71. The molecular formula is C17H26N2O. The lowest BCUT2D eigenvalue weighted by atomic mass is 9.97. The van der Waals surface area contributed by atoms with Gasteiger partial charge in [-0.2, -0.15) is 0 Å². The fourth-order valence-electron chi connectivity index (χ4n) is 2.63. The summed E-state index contributed by atoms with van der Waals surface area (Å²) in [5.41, 5.74) is 2.41. The largest absolute Gasteiger partial charge is 0.373 e. The summed E-state index contributed by atoms with van der Waals surface area (Å²) in [6.45, 7) is 6.53. The Kier molecular flexibility index (Phi) is 5.05. The monoisotopic (exact) mass is 274 g/mol. The van der Waals surface area contributed by atoms with E-state index in [0.717, 1.165) is 31.4 Å². The van der Waals surface area contributed by atoms with Gasteiger partial charge in [0.15, 0.2) is 0 Å². The fraction of sp³-hybridized carbons (Fsp3) is 0.588. The number of anilines is 1. The number of carbonyl (C=O) groups is 1. The van der Waals surface area contributed by atoms with Gasteiger partial charge in [-0.15, -0.1) is 0 Å². The molecule has 1 aromatic carbocycles. The van der Waals surface area contributed by atoms with Crippen molar-refractivity contribution in [2.24, 2.45) is 5.92 Å². The van der Waals surface area contributed by atoms with E-state index in [2.05, 4.69) is 49.6 Å². The average molecular weight is 274 g/mol. The van der Waals surface area contributed by atoms with Gasteiger partial charge >= 0.3 is 0 Å². The molecule has 20 heavy (non-hydrogen) atoms. The van der Waals surface area contributed by atoms with Gasteiger partial charge in [0, 0.05) is 11.7 Å². The summed E-state index contributed by atoms with van der Waals surface area (Å²) in [4.78, 5) is 12.3. The van der Waals surface area contributed by atoms with Crippen molar-refractivity contribution in [1.29, 1.82) is 0 Å². The van der Waals surface area contributed by atoms with Gasteiger partial charge in [-0.25, -0.2) is 0 Å². The predicted molar refractivity (Wildman–Crippen MR) is 83.9 cm³/mol. The molecule has 3 nitrogen and oxygen atoms in total. The number of hydrogen-bond acceptors (Lipinski definition) is 2. The highest BCUT2D eigenvalue weighted by atomic mass is 16.2. The van der Waals surface area contributed by atoms with Gasteiger partial charge in [-0.3, -0.25) is 4.79 Å². The molecule has 2 atom stereocenters. The summed E-state index contributed by atoms with van der Waals surface area (Å²) in [6.07, 6.45) is 4.05. The van der Waals surface area contributed by atoms with Gasteiger partial charge in [-0.1, -0.05) is 32.0 Å². The predicted octanol–water partition coefficient (Wildman–Crippen LogP) is 3.35. The van der Waals surface area contributed by atoms with Crippen molar-refractivity contribution in [1.82, 2.24) is 5.32 Å². The first-order valence-electron chi connectivity index (χ1n) is 7.71. The van der Waals surface area contributed by atoms with Gasteiger partial charge in [0.1, 0.15) is 6.04 Å². The van der Waals surface area contributed by atoms with Crippen molar-refractivity contribution in [2.75, 3.05) is 5.32 Å². The molecule has 2 N–H and O–H groups in total. The minimum atomic E-state index is -0.0913. The molecule has 0 radical (unpaired) electrons. The number of carbonyl (C=O) groups excluding carboxylic acids is 1. The lowest BCUT2D eigenvalue weighted by molar-refractivity contribution is -0.122. The second-order valence-electron chi connectivity index (χ2n) is 6.27. The van der Waals surface area contributed by atoms with Gasteiger partial charge < -0.3 is 10.6 Å². The summed E-state index contributed by atoms with van der Waals surface area (Å²) < 4.78 is 0. The van der Waals surface area contributed by atoms with Crippen molar-refractivity contribution in [3.63, 3.8) is 0 Å². The minimum Gasteiger partial charge on any atom is -0.373 e. The van der Waals surface area contributed by atoms with E-state index >= 15 is 0 Å². The maximum atomic E-state index is 12.3. The van der Waals surface area contributed by atoms with E-state index < -0.39 is 0 Å². The van der Waals surface area contributed by atoms with E-state index in [0.29, 0.717) is 5.92 Å². The quantitative estimate of drug-likeness (QED) is 0.864. The number of rotatable bonds is 5. The van der Waals surface area contributed by atoms with Crippen LogP contribution >= 0.6 is 0 Å². The van der Waals surface area contributed by atoms with Crippen LogP contribution in [-0.2, 0) is 11.2 Å². The zero-order chi connectivity index (χ0) is 14.5. The summed E-state index contributed by atoms with van der Waals surface area (Å²) in [5.74, 6) is 0.824. The van der Waals surface area contributed by atoms with Gasteiger partial charge in [0.05, 0.1) is 0 Å². The molecule has 2 rings (SSSR count). The summed E-state index contributed by atoms with van der Waals surface area (Å²) in [5, 5.41) is 6.49. The number of fused-ring (bicyclic) bond motifs is 1. The maximum Gasteiger partial charge on any atom is 0.242 e. The molecule has 1 aromatic rings. The van der Waals surface area contributed by atoms with E-state index in [1.807, 2.05) is 6.07 Å². The van der Waals surface area contributed by atoms with Gasteiger partial charge in [-0.05, 0) is 50.2 Å². The minimum absolute atomic E-state index is 0.0913. The smallest absolute Gasteiger partial charge is 0.242 e. The number of para-hydroxylation sites is 1. The number of hydrogen-bond donors (Lipinski definition) is 2. The summed E-state index contributed by atoms with van der Waals surface area (Å²) in [7, 11) is 0. The molecule has 0 spiro atoms. The Morgan fingerprint density at radius 3 is 2.80 bits per heavy atom. The highest BCUT2D eigenvalue weighted by Crippen LogP contribution is 2.24. The van der Waals surface area contributed by atoms with Gasteiger partial charge in [0.25, 0.3) is 0 Å². The van der Waals surface area contributed by atoms with Crippen LogP contribution in [0.4, 0.5) is 5.69 Å². The van der Waals surface area contributed by atoms with Crippen molar-refractivity contribution in [3.8, 4) is 0 Å². The summed E-state index contributed by atoms with van der Waals surface area (Å²) in [6, 6.07) is 8.40. The second kappa shape index (κ2) is 6.78. The van der Waals surface area contributed by atoms with E-state index in [1.165, 1.54) is 5.56 Å². The topological polar surface area (TPSA) is 41.1 Å². The second-order valence-corrected chi connectivity index (χ2v) is 6.27. The molecule has 0 fully saturated rings. The van der Waals surface area contributed by atoms with Crippen LogP contribution in [0.25, 0.3) is 0 Å². The molecule has 0 aromatic heterocycles. The van der Waals surface area contributed by atoms with Crippen LogP contribution in [0.5, 0.6) is 0 Å². The lowest BCUT2D eigenvalue weighted by Gasteiger charge is -2.27. The van der Waals surface area contributed by atoms with Crippen molar-refractivity contribution in [3.05, 3.63) is 29.8 Å². The Hall–Kier alpha value is -1.51. The molecule has 1 aliphatic rings. The van der Waals surface area contributed by atoms with Crippen LogP contribution in [0.1, 0.15) is 45.6 Å². The van der Waals surface area contributed by atoms with E-state index in [1.54, 1.807) is 0 Å². The first kappa shape index (κ1) is 14.9. The molecule has 110 valence electrons. The Balaban J connectivity index is 1.85. The molecule has 2 unspecified atom stereocenters. The summed E-state index contributed by atoms with van der Waals surface area (Å²) >= 11 is 0. The lowest BCUT2D eigenvalue weighted by Crippen LogP contribution is -2.45. The zero-order valence-electron chi connectivity index (χ0n) is 12.8. The maximum absolute atomic E-state index is 12.3.